The number of allylic oxidation sites excluding steroid dienone is 4. The van der Waals surface area contributed by atoms with E-state index in [-0.39, 0.29) is 4.90 Å². The first kappa shape index (κ1) is 21.9. The van der Waals surface area contributed by atoms with Crippen LogP contribution in [-0.4, -0.2) is 26.0 Å². The molecule has 0 bridgehead atoms. The highest BCUT2D eigenvalue weighted by molar-refractivity contribution is 9.14. The molecule has 1 saturated carbocycles. The molecule has 0 heterocycles. The monoisotopic (exact) mass is 608 g/mol. The second-order valence-corrected chi connectivity index (χ2v) is 13.0. The van der Waals surface area contributed by atoms with E-state index in [2.05, 4.69) is 53.9 Å². The lowest BCUT2D eigenvalue weighted by Crippen LogP contribution is -2.26. The lowest BCUT2D eigenvalue weighted by molar-refractivity contribution is 0.116. The third kappa shape index (κ3) is 4.00. The van der Waals surface area contributed by atoms with E-state index in [1.165, 1.54) is 36.1 Å². The molecule has 1 aromatic rings. The van der Waals surface area contributed by atoms with Crippen molar-refractivity contribution in [3.05, 3.63) is 56.0 Å². The van der Waals surface area contributed by atoms with Gasteiger partial charge >= 0.3 is 0 Å². The second-order valence-electron chi connectivity index (χ2n) is 7.98. The Labute approximate surface area is 195 Å². The van der Waals surface area contributed by atoms with E-state index >= 15 is 0 Å². The third-order valence-electron chi connectivity index (χ3n) is 6.08. The Morgan fingerprint density at radius 3 is 2.24 bits per heavy atom. The zero-order valence-corrected chi connectivity index (χ0v) is 21.3. The highest BCUT2D eigenvalue weighted by Crippen LogP contribution is 2.63. The van der Waals surface area contributed by atoms with Crippen molar-refractivity contribution in [2.45, 2.75) is 41.5 Å². The fraction of sp³-hybridized carbons (Fsp3) is 0.429. The Morgan fingerprint density at radius 2 is 1.69 bits per heavy atom. The van der Waals surface area contributed by atoms with Crippen LogP contribution in [0.2, 0.25) is 0 Å². The fourth-order valence-electron chi connectivity index (χ4n) is 4.13. The first-order valence-corrected chi connectivity index (χ1v) is 13.3. The van der Waals surface area contributed by atoms with E-state index < -0.39 is 20.4 Å². The Kier molecular flexibility index (Phi) is 5.82. The molecule has 8 heteroatoms. The van der Waals surface area contributed by atoms with Gasteiger partial charge in [0.2, 0.25) is 9.84 Å². The quantitative estimate of drug-likeness (QED) is 0.345. The second kappa shape index (κ2) is 7.69. The summed E-state index contributed by atoms with van der Waals surface area (Å²) >= 11 is 11.1. The van der Waals surface area contributed by atoms with Crippen LogP contribution >= 0.6 is 47.8 Å². The van der Waals surface area contributed by atoms with Crippen LogP contribution in [0.25, 0.3) is 5.57 Å². The molecule has 3 aliphatic rings. The molecule has 29 heavy (non-hydrogen) atoms. The van der Waals surface area contributed by atoms with Crippen LogP contribution in [0, 0.1) is 5.41 Å². The van der Waals surface area contributed by atoms with Crippen LogP contribution < -0.4 is 0 Å². The Morgan fingerprint density at radius 1 is 1.07 bits per heavy atom. The number of methoxy groups -OCH3 is 1. The maximum absolute atomic E-state index is 12.8. The number of hydrogen-bond acceptors (Lipinski definition) is 3. The number of rotatable bonds is 5. The van der Waals surface area contributed by atoms with E-state index in [4.69, 9.17) is 4.74 Å². The van der Waals surface area contributed by atoms with Crippen LogP contribution in [-0.2, 0) is 14.6 Å². The third-order valence-corrected chi connectivity index (χ3v) is 10.5. The highest BCUT2D eigenvalue weighted by atomic mass is 79.9. The highest BCUT2D eigenvalue weighted by Gasteiger charge is 2.49. The maximum atomic E-state index is 12.8. The summed E-state index contributed by atoms with van der Waals surface area (Å²) in [5.74, 6) is 0. The number of sulfone groups is 1. The van der Waals surface area contributed by atoms with Gasteiger partial charge in [0.1, 0.15) is 0 Å². The van der Waals surface area contributed by atoms with Crippen molar-refractivity contribution in [1.82, 2.24) is 0 Å². The first-order chi connectivity index (χ1) is 13.6. The summed E-state index contributed by atoms with van der Waals surface area (Å²) in [5.41, 5.74) is 5.02. The lowest BCUT2D eigenvalue weighted by Gasteiger charge is -2.31. The van der Waals surface area contributed by atoms with Crippen molar-refractivity contribution in [3.8, 4) is 0 Å². The molecule has 1 aromatic carbocycles. The van der Waals surface area contributed by atoms with Crippen LogP contribution in [0.3, 0.4) is 0 Å². The van der Waals surface area contributed by atoms with Crippen LogP contribution in [0.15, 0.2) is 55.3 Å². The standard InChI is InChI=1S/C21H20Br3FO3S/c1-28-21(24)11-18(22)15(8-19(21)23)17-10-20(6-7-20)9-16(17)13-2-4-14(5-3-13)29(26,27)12-25/h2-5,8H,6-7,9-12H2,1H3. The van der Waals surface area contributed by atoms with E-state index in [0.717, 1.165) is 32.9 Å². The average Bonchev–Trinajstić information content (AvgIpc) is 3.35. The topological polar surface area (TPSA) is 43.4 Å². The summed E-state index contributed by atoms with van der Waals surface area (Å²) in [4.78, 5) is 0.0231. The number of ether oxygens (including phenoxy) is 1. The van der Waals surface area contributed by atoms with Gasteiger partial charge in [-0.3, -0.25) is 0 Å². The fourth-order valence-corrected chi connectivity index (χ4v) is 6.86. The minimum absolute atomic E-state index is 0.0231. The Hall–Kier alpha value is -0.280. The van der Waals surface area contributed by atoms with Crippen molar-refractivity contribution >= 4 is 63.2 Å². The minimum atomic E-state index is -3.85. The summed E-state index contributed by atoms with van der Waals surface area (Å²) < 4.78 is 43.5. The molecule has 1 unspecified atom stereocenters. The molecule has 0 N–H and O–H groups in total. The van der Waals surface area contributed by atoms with Gasteiger partial charge in [0.15, 0.2) is 10.5 Å². The summed E-state index contributed by atoms with van der Waals surface area (Å²) in [6.07, 6.45) is 7.18. The van der Waals surface area contributed by atoms with Gasteiger partial charge in [-0.15, -0.1) is 0 Å². The average molecular weight is 611 g/mol. The Bertz CT molecular complexity index is 1050. The summed E-state index contributed by atoms with van der Waals surface area (Å²) in [6, 6.07) is 5.25. The van der Waals surface area contributed by atoms with E-state index in [1.807, 2.05) is 0 Å². The van der Waals surface area contributed by atoms with Gasteiger partial charge < -0.3 is 4.74 Å². The van der Waals surface area contributed by atoms with Gasteiger partial charge in [-0.05, 0) is 87.5 Å². The van der Waals surface area contributed by atoms with Crippen LogP contribution in [0.4, 0.5) is 4.39 Å². The van der Waals surface area contributed by atoms with Crippen molar-refractivity contribution in [3.63, 3.8) is 0 Å². The first-order valence-electron chi connectivity index (χ1n) is 9.25. The molecule has 3 nitrogen and oxygen atoms in total. The number of benzene rings is 1. The van der Waals surface area contributed by atoms with Crippen LogP contribution in [0.5, 0.6) is 0 Å². The number of hydrogen-bond donors (Lipinski definition) is 0. The minimum Gasteiger partial charge on any atom is -0.362 e. The molecule has 156 valence electrons. The molecule has 1 fully saturated rings. The van der Waals surface area contributed by atoms with Gasteiger partial charge in [-0.1, -0.05) is 44.0 Å². The molecule has 4 rings (SSSR count). The molecule has 1 spiro atoms. The predicted octanol–water partition coefficient (Wildman–Crippen LogP) is 6.78. The molecule has 0 aliphatic heterocycles. The van der Waals surface area contributed by atoms with Gasteiger partial charge in [-0.2, -0.15) is 0 Å². The summed E-state index contributed by atoms with van der Waals surface area (Å²) in [7, 11) is -2.18. The zero-order chi connectivity index (χ0) is 21.0. The summed E-state index contributed by atoms with van der Waals surface area (Å²) in [6.45, 7) is 0. The van der Waals surface area contributed by atoms with E-state index in [1.54, 1.807) is 19.2 Å². The zero-order valence-electron chi connectivity index (χ0n) is 15.8. The van der Waals surface area contributed by atoms with Gasteiger partial charge in [0.25, 0.3) is 0 Å². The number of alkyl halides is 2. The largest absolute Gasteiger partial charge is 0.362 e. The maximum Gasteiger partial charge on any atom is 0.207 e. The molecule has 3 aliphatic carbocycles. The Balaban J connectivity index is 1.77. The molecule has 1 atom stereocenters. The smallest absolute Gasteiger partial charge is 0.207 e. The molecule has 0 radical (unpaired) electrons. The van der Waals surface area contributed by atoms with E-state index in [9.17, 15) is 12.8 Å². The molecular formula is C21H20Br3FO3S. The van der Waals surface area contributed by atoms with Crippen molar-refractivity contribution in [2.75, 3.05) is 13.1 Å². The predicted molar refractivity (Wildman–Crippen MR) is 124 cm³/mol. The number of halogens is 4. The van der Waals surface area contributed by atoms with Crippen molar-refractivity contribution < 1.29 is 17.5 Å². The molecule has 0 amide bonds. The summed E-state index contributed by atoms with van der Waals surface area (Å²) in [5, 5.41) is 0. The van der Waals surface area contributed by atoms with Gasteiger partial charge in [0, 0.05) is 22.5 Å². The normalized spacial score (nSPS) is 26.3. The molecular weight excluding hydrogens is 591 g/mol. The van der Waals surface area contributed by atoms with Crippen molar-refractivity contribution in [2.24, 2.45) is 5.41 Å². The van der Waals surface area contributed by atoms with Crippen LogP contribution in [0.1, 0.15) is 37.7 Å². The SMILES string of the molecule is COC1(Br)CC(Br)=C(C2=C(c3ccc(S(=O)(=O)CF)cc3)CC3(CC3)C2)C=C1Br. The van der Waals surface area contributed by atoms with Gasteiger partial charge in [-0.25, -0.2) is 12.8 Å². The molecule has 0 aromatic heterocycles. The van der Waals surface area contributed by atoms with E-state index in [0.29, 0.717) is 11.8 Å². The van der Waals surface area contributed by atoms with Crippen molar-refractivity contribution in [1.29, 1.82) is 0 Å². The van der Waals surface area contributed by atoms with Gasteiger partial charge in [0.05, 0.1) is 4.90 Å². The molecule has 0 saturated heterocycles. The lowest BCUT2D eigenvalue weighted by atomic mass is 9.92.